The zero-order valence-electron chi connectivity index (χ0n) is 21.1. The van der Waals surface area contributed by atoms with Crippen molar-refractivity contribution in [2.45, 2.75) is 37.4 Å². The molecule has 196 valence electrons. The number of anilines is 1. The predicted molar refractivity (Wildman–Crippen MR) is 147 cm³/mol. The van der Waals surface area contributed by atoms with Crippen LogP contribution in [0.25, 0.3) is 10.9 Å². The number of rotatable bonds is 5. The molecule has 2 aromatic heterocycles. The van der Waals surface area contributed by atoms with E-state index in [1.807, 2.05) is 24.3 Å². The Morgan fingerprint density at radius 1 is 1.08 bits per heavy atom. The van der Waals surface area contributed by atoms with Crippen molar-refractivity contribution in [1.82, 2.24) is 23.9 Å². The summed E-state index contributed by atoms with van der Waals surface area (Å²) in [5.74, 6) is 0. The van der Waals surface area contributed by atoms with Crippen LogP contribution in [0.4, 0.5) is 5.69 Å². The fraction of sp³-hybridized carbons (Fsp3) is 0.308. The van der Waals surface area contributed by atoms with Crippen LogP contribution >= 0.6 is 15.9 Å². The number of halogens is 1. The van der Waals surface area contributed by atoms with Crippen molar-refractivity contribution in [3.8, 4) is 6.07 Å². The van der Waals surface area contributed by atoms with Crippen LogP contribution in [0.3, 0.4) is 0 Å². The molecule has 2 atom stereocenters. The second kappa shape index (κ2) is 9.98. The van der Waals surface area contributed by atoms with Crippen LogP contribution in [0, 0.1) is 11.3 Å². The molecule has 0 radical (unpaired) electrons. The van der Waals surface area contributed by atoms with Gasteiger partial charge in [0.15, 0.2) is 0 Å². The van der Waals surface area contributed by atoms with E-state index in [1.54, 1.807) is 19.2 Å². The maximum absolute atomic E-state index is 13.0. The van der Waals surface area contributed by atoms with E-state index in [4.69, 9.17) is 0 Å². The summed E-state index contributed by atoms with van der Waals surface area (Å²) >= 11 is 3.31. The first-order valence-corrected chi connectivity index (χ1v) is 14.3. The van der Waals surface area contributed by atoms with Gasteiger partial charge < -0.3 is 9.47 Å². The van der Waals surface area contributed by atoms with E-state index in [-0.39, 0.29) is 28.1 Å². The summed E-state index contributed by atoms with van der Waals surface area (Å²) in [4.78, 5) is 17.5. The molecule has 0 N–H and O–H groups in total. The number of pyridine rings is 1. The second-order valence-corrected chi connectivity index (χ2v) is 12.2. The van der Waals surface area contributed by atoms with E-state index >= 15 is 0 Å². The number of benzene rings is 2. The molecule has 0 bridgehead atoms. The van der Waals surface area contributed by atoms with Crippen molar-refractivity contribution >= 4 is 42.5 Å². The van der Waals surface area contributed by atoms with Gasteiger partial charge in [0.25, 0.3) is 15.6 Å². The minimum absolute atomic E-state index is 0.0182. The first-order valence-electron chi connectivity index (χ1n) is 12.1. The summed E-state index contributed by atoms with van der Waals surface area (Å²) in [6.45, 7) is 5.75. The van der Waals surface area contributed by atoms with E-state index in [9.17, 15) is 18.5 Å². The van der Waals surface area contributed by atoms with Gasteiger partial charge in [-0.3, -0.25) is 9.69 Å². The van der Waals surface area contributed by atoms with Crippen LogP contribution in [-0.2, 0) is 23.6 Å². The zero-order chi connectivity index (χ0) is 27.2. The first-order chi connectivity index (χ1) is 18.1. The van der Waals surface area contributed by atoms with Crippen LogP contribution < -0.4 is 10.5 Å². The van der Waals surface area contributed by atoms with Crippen molar-refractivity contribution in [3.63, 3.8) is 0 Å². The van der Waals surface area contributed by atoms with E-state index in [1.165, 1.54) is 22.9 Å². The third kappa shape index (κ3) is 4.51. The average molecular weight is 597 g/mol. The number of nitrogens with zero attached hydrogens (tertiary/aromatic N) is 7. The average Bonchev–Trinajstić information content (AvgIpc) is 3.38. The predicted octanol–water partition coefficient (Wildman–Crippen LogP) is 3.10. The normalized spacial score (nSPS) is 18.6. The molecule has 4 aromatic rings. The smallest absolute Gasteiger partial charge is 0.284 e. The number of nitriles is 1. The summed E-state index contributed by atoms with van der Waals surface area (Å²) in [5, 5.41) is 18.8. The van der Waals surface area contributed by atoms with Crippen LogP contribution in [0.15, 0.2) is 68.9 Å². The van der Waals surface area contributed by atoms with Crippen molar-refractivity contribution < 1.29 is 8.42 Å². The van der Waals surface area contributed by atoms with Gasteiger partial charge in [0.2, 0.25) is 0 Å². The molecule has 0 amide bonds. The Morgan fingerprint density at radius 2 is 1.79 bits per heavy atom. The van der Waals surface area contributed by atoms with Gasteiger partial charge in [-0.05, 0) is 44.2 Å². The summed E-state index contributed by atoms with van der Waals surface area (Å²) in [7, 11) is -2.16. The highest BCUT2D eigenvalue weighted by Gasteiger charge is 2.33. The Hall–Kier alpha value is -3.53. The second-order valence-electron chi connectivity index (χ2n) is 9.54. The molecule has 12 heteroatoms. The van der Waals surface area contributed by atoms with Gasteiger partial charge in [-0.15, -0.1) is 9.19 Å². The fourth-order valence-corrected chi connectivity index (χ4v) is 6.36. The largest absolute Gasteiger partial charge is 0.364 e. The van der Waals surface area contributed by atoms with Gasteiger partial charge in [-0.25, -0.2) is 0 Å². The number of hydrogen-bond acceptors (Lipinski definition) is 8. The first kappa shape index (κ1) is 26.1. The number of piperazine rings is 1. The molecular weight excluding hydrogens is 570 g/mol. The van der Waals surface area contributed by atoms with Crippen LogP contribution in [-0.4, -0.2) is 57.5 Å². The molecule has 0 unspecified atom stereocenters. The van der Waals surface area contributed by atoms with E-state index < -0.39 is 10.0 Å². The molecule has 5 rings (SSSR count). The summed E-state index contributed by atoms with van der Waals surface area (Å²) in [6.07, 6.45) is 1.45. The Labute approximate surface area is 228 Å². The molecule has 0 aliphatic carbocycles. The van der Waals surface area contributed by atoms with Gasteiger partial charge in [0.1, 0.15) is 11.6 Å². The molecule has 0 spiro atoms. The van der Waals surface area contributed by atoms with Crippen LogP contribution in [0.5, 0.6) is 0 Å². The number of aromatic nitrogens is 4. The minimum atomic E-state index is -3.85. The molecule has 1 aliphatic rings. The third-order valence-corrected chi connectivity index (χ3v) is 9.10. The lowest BCUT2D eigenvalue weighted by molar-refractivity contribution is 0.156. The van der Waals surface area contributed by atoms with Gasteiger partial charge in [0.05, 0.1) is 28.0 Å². The summed E-state index contributed by atoms with van der Waals surface area (Å²) in [5.41, 5.74) is 1.80. The molecule has 1 aliphatic heterocycles. The van der Waals surface area contributed by atoms with Gasteiger partial charge in [-0.1, -0.05) is 39.3 Å². The van der Waals surface area contributed by atoms with E-state index in [2.05, 4.69) is 56.0 Å². The van der Waals surface area contributed by atoms with Gasteiger partial charge >= 0.3 is 0 Å². The quantitative estimate of drug-likeness (QED) is 0.345. The van der Waals surface area contributed by atoms with Crippen LogP contribution in [0.1, 0.15) is 25.1 Å². The van der Waals surface area contributed by atoms with E-state index in [0.29, 0.717) is 31.0 Å². The zero-order valence-corrected chi connectivity index (χ0v) is 23.5. The number of hydrogen-bond donors (Lipinski definition) is 0. The molecule has 10 nitrogen and oxygen atoms in total. The molecule has 0 saturated carbocycles. The Bertz CT molecular complexity index is 1720. The standard InChI is InChI=1S/C26H26BrN7O3S/c1-17-14-33(25-22-6-4-5-7-24(22)31(3)26(35)23(25)12-28)18(2)13-32(17)15-20-16-34(30-29-20)38(36,37)21-10-8-19(27)9-11-21/h4-11,16-18H,13-15H2,1-3H3/t17-,18-/m0/s1. The summed E-state index contributed by atoms with van der Waals surface area (Å²) in [6, 6.07) is 16.1. The lowest BCUT2D eigenvalue weighted by Crippen LogP contribution is -2.56. The monoisotopic (exact) mass is 595 g/mol. The lowest BCUT2D eigenvalue weighted by atomic mass is 10.0. The van der Waals surface area contributed by atoms with E-state index in [0.717, 1.165) is 19.5 Å². The molecule has 1 fully saturated rings. The molecular formula is C26H26BrN7O3S. The maximum atomic E-state index is 13.0. The Balaban J connectivity index is 1.40. The number of aryl methyl sites for hydroxylation is 1. The molecule has 1 saturated heterocycles. The molecule has 38 heavy (non-hydrogen) atoms. The van der Waals surface area contributed by atoms with Crippen molar-refractivity contribution in [3.05, 3.63) is 80.8 Å². The van der Waals surface area contributed by atoms with Crippen molar-refractivity contribution in [2.24, 2.45) is 7.05 Å². The minimum Gasteiger partial charge on any atom is -0.364 e. The van der Waals surface area contributed by atoms with Gasteiger partial charge in [-0.2, -0.15) is 13.7 Å². The fourth-order valence-electron chi connectivity index (χ4n) is 5.00. The SMILES string of the molecule is C[C@H]1CN(c2c(C#N)c(=O)n(C)c3ccccc23)[C@@H](C)CN1Cc1cn(S(=O)(=O)c2ccc(Br)cc2)nn1. The Kier molecular flexibility index (Phi) is 6.85. The van der Waals surface area contributed by atoms with Gasteiger partial charge in [0, 0.05) is 48.6 Å². The number of fused-ring (bicyclic) bond motifs is 1. The summed E-state index contributed by atoms with van der Waals surface area (Å²) < 4.78 is 29.1. The number of para-hydroxylation sites is 1. The van der Waals surface area contributed by atoms with Crippen molar-refractivity contribution in [2.75, 3.05) is 18.0 Å². The maximum Gasteiger partial charge on any atom is 0.284 e. The van der Waals surface area contributed by atoms with Crippen molar-refractivity contribution in [1.29, 1.82) is 5.26 Å². The highest BCUT2D eigenvalue weighted by atomic mass is 79.9. The highest BCUT2D eigenvalue weighted by molar-refractivity contribution is 9.10. The highest BCUT2D eigenvalue weighted by Crippen LogP contribution is 2.32. The third-order valence-electron chi connectivity index (χ3n) is 7.03. The lowest BCUT2D eigenvalue weighted by Gasteiger charge is -2.45. The molecule has 3 heterocycles. The molecule has 2 aromatic carbocycles. The Morgan fingerprint density at radius 3 is 2.50 bits per heavy atom. The topological polar surface area (TPSA) is 117 Å². The van der Waals surface area contributed by atoms with Crippen LogP contribution in [0.2, 0.25) is 0 Å².